The number of ether oxygens (including phenoxy) is 2. The number of aryl methyl sites for hydroxylation is 1. The number of morpholine rings is 1. The fraction of sp³-hybridized carbons (Fsp3) is 0.389. The van der Waals surface area contributed by atoms with Gasteiger partial charge in [0.1, 0.15) is 18.9 Å². The minimum atomic E-state index is -0.836. The van der Waals surface area contributed by atoms with Crippen LogP contribution in [-0.2, 0) is 29.1 Å². The average molecular weight is 645 g/mol. The molecule has 4 aromatic rings. The van der Waals surface area contributed by atoms with Crippen molar-refractivity contribution in [3.8, 4) is 17.0 Å². The molecule has 46 heavy (non-hydrogen) atoms. The number of anilines is 1. The van der Waals surface area contributed by atoms with Crippen LogP contribution in [0.25, 0.3) is 22.2 Å². The molecule has 5 rings (SSSR count). The molecule has 1 aromatic heterocycles. The number of carbonyl (C=O) groups is 2. The number of unbranched alkanes of at least 4 members (excludes halogenated alkanes) is 3. The van der Waals surface area contributed by atoms with Crippen LogP contribution >= 0.6 is 11.6 Å². The van der Waals surface area contributed by atoms with Crippen LogP contribution in [0.4, 0.5) is 5.69 Å². The van der Waals surface area contributed by atoms with Gasteiger partial charge in [-0.1, -0.05) is 43.9 Å². The fourth-order valence-electron chi connectivity index (χ4n) is 6.01. The highest BCUT2D eigenvalue weighted by molar-refractivity contribution is 6.30. The number of fused-ring (bicyclic) bond motifs is 1. The van der Waals surface area contributed by atoms with E-state index in [0.717, 1.165) is 84.2 Å². The SMILES string of the molecule is CCCCCCc1c(-c2ccc(OCc3cc(Cl)ccc3N3CCOCC3)cc2)n(CC(=O)N(C)C)c2cc(C(=O)N=O)ccc12. The molecule has 0 saturated carbocycles. The summed E-state index contributed by atoms with van der Waals surface area (Å²) in [5, 5.41) is 4.24. The Bertz CT molecular complexity index is 1690. The Morgan fingerprint density at radius 2 is 1.74 bits per heavy atom. The predicted molar refractivity (Wildman–Crippen MR) is 183 cm³/mol. The van der Waals surface area contributed by atoms with E-state index in [4.69, 9.17) is 21.1 Å². The highest BCUT2D eigenvalue weighted by Gasteiger charge is 2.23. The first-order valence-corrected chi connectivity index (χ1v) is 16.3. The van der Waals surface area contributed by atoms with Crippen molar-refractivity contribution < 1.29 is 19.1 Å². The Morgan fingerprint density at radius 3 is 2.43 bits per heavy atom. The summed E-state index contributed by atoms with van der Waals surface area (Å²) in [7, 11) is 3.45. The molecule has 0 atom stereocenters. The van der Waals surface area contributed by atoms with E-state index >= 15 is 0 Å². The molecule has 1 aliphatic rings. The van der Waals surface area contributed by atoms with Gasteiger partial charge < -0.3 is 23.8 Å². The molecule has 1 aliphatic heterocycles. The Hall–Kier alpha value is -4.21. The summed E-state index contributed by atoms with van der Waals surface area (Å²) in [6.45, 7) is 5.63. The first-order valence-electron chi connectivity index (χ1n) is 15.9. The maximum atomic E-state index is 13.1. The molecule has 1 saturated heterocycles. The van der Waals surface area contributed by atoms with Crippen LogP contribution in [-0.4, -0.2) is 61.7 Å². The lowest BCUT2D eigenvalue weighted by Crippen LogP contribution is -2.36. The van der Waals surface area contributed by atoms with Crippen molar-refractivity contribution in [2.75, 3.05) is 45.3 Å². The number of nitrogens with zero attached hydrogens (tertiary/aromatic N) is 4. The van der Waals surface area contributed by atoms with Gasteiger partial charge in [0, 0.05) is 59.6 Å². The topological polar surface area (TPSA) is 93.4 Å². The van der Waals surface area contributed by atoms with Gasteiger partial charge in [-0.2, -0.15) is 0 Å². The summed E-state index contributed by atoms with van der Waals surface area (Å²) >= 11 is 6.37. The first kappa shape index (κ1) is 33.2. The lowest BCUT2D eigenvalue weighted by atomic mass is 9.99. The molecule has 242 valence electrons. The number of benzene rings is 3. The number of aromatic nitrogens is 1. The number of rotatable bonds is 13. The number of halogens is 1. The molecule has 3 aromatic carbocycles. The van der Waals surface area contributed by atoms with Crippen LogP contribution in [0.2, 0.25) is 5.02 Å². The van der Waals surface area contributed by atoms with Gasteiger partial charge in [0.25, 0.3) is 0 Å². The predicted octanol–water partition coefficient (Wildman–Crippen LogP) is 7.49. The van der Waals surface area contributed by atoms with Gasteiger partial charge >= 0.3 is 5.91 Å². The second-order valence-electron chi connectivity index (χ2n) is 11.8. The molecule has 10 heteroatoms. The molecule has 9 nitrogen and oxygen atoms in total. The van der Waals surface area contributed by atoms with Gasteiger partial charge in [0.2, 0.25) is 5.91 Å². The average Bonchev–Trinajstić information content (AvgIpc) is 3.37. The second-order valence-corrected chi connectivity index (χ2v) is 12.3. The van der Waals surface area contributed by atoms with Gasteiger partial charge in [-0.15, -0.1) is 4.91 Å². The van der Waals surface area contributed by atoms with Crippen LogP contribution < -0.4 is 9.64 Å². The summed E-state index contributed by atoms with van der Waals surface area (Å²) in [4.78, 5) is 40.3. The molecule has 2 heterocycles. The smallest absolute Gasteiger partial charge is 0.316 e. The Labute approximate surface area is 275 Å². The van der Waals surface area contributed by atoms with Crippen LogP contribution in [0.15, 0.2) is 65.8 Å². The molecule has 2 amide bonds. The van der Waals surface area contributed by atoms with Crippen molar-refractivity contribution in [3.63, 3.8) is 0 Å². The molecule has 1 fully saturated rings. The molecule has 0 bridgehead atoms. The fourth-order valence-corrected chi connectivity index (χ4v) is 6.21. The molecular weight excluding hydrogens is 604 g/mol. The van der Waals surface area contributed by atoms with E-state index in [0.29, 0.717) is 30.6 Å². The Balaban J connectivity index is 1.50. The number of amides is 2. The van der Waals surface area contributed by atoms with Crippen LogP contribution in [0.1, 0.15) is 54.1 Å². The number of hydrogen-bond acceptors (Lipinski definition) is 6. The third-order valence-corrected chi connectivity index (χ3v) is 8.72. The third kappa shape index (κ3) is 7.59. The Kier molecular flexibility index (Phi) is 11.1. The van der Waals surface area contributed by atoms with Gasteiger partial charge in [-0.3, -0.25) is 9.59 Å². The van der Waals surface area contributed by atoms with E-state index < -0.39 is 5.91 Å². The van der Waals surface area contributed by atoms with Crippen LogP contribution in [0.3, 0.4) is 0 Å². The zero-order valence-electron chi connectivity index (χ0n) is 26.8. The standard InChI is InChI=1S/C36H41ClN4O5/c1-4-5-6-7-8-31-30-15-11-26(36(43)38-44)22-33(30)41(23-34(42)39(2)3)35(31)25-9-13-29(14-10-25)46-24-27-21-28(37)12-16-32(27)40-17-19-45-20-18-40/h9-16,21-22H,4-8,17-20,23-24H2,1-3H3. The molecule has 0 unspecified atom stereocenters. The normalized spacial score (nSPS) is 13.2. The summed E-state index contributed by atoms with van der Waals surface area (Å²) in [6.07, 6.45) is 5.16. The number of carbonyl (C=O) groups excluding carboxylic acids is 2. The lowest BCUT2D eigenvalue weighted by molar-refractivity contribution is -0.129. The maximum Gasteiger partial charge on any atom is 0.316 e. The zero-order chi connectivity index (χ0) is 32.6. The molecule has 0 N–H and O–H groups in total. The van der Waals surface area contributed by atoms with Crippen molar-refractivity contribution >= 4 is 40.0 Å². The van der Waals surface area contributed by atoms with Gasteiger partial charge in [0.15, 0.2) is 0 Å². The molecule has 0 radical (unpaired) electrons. The van der Waals surface area contributed by atoms with E-state index in [9.17, 15) is 14.5 Å². The van der Waals surface area contributed by atoms with E-state index in [2.05, 4.69) is 17.0 Å². The molecular formula is C36H41ClN4O5. The van der Waals surface area contributed by atoms with Crippen LogP contribution in [0.5, 0.6) is 5.75 Å². The summed E-state index contributed by atoms with van der Waals surface area (Å²) in [5.41, 5.74) is 5.98. The number of nitroso groups, excluding NO2 is 1. The number of likely N-dealkylation sites (N-methyl/N-ethyl adjacent to an activating group) is 1. The van der Waals surface area contributed by atoms with Crippen molar-refractivity contribution in [1.82, 2.24) is 9.47 Å². The molecule has 0 aliphatic carbocycles. The van der Waals surface area contributed by atoms with Crippen LogP contribution in [0, 0.1) is 4.91 Å². The second kappa shape index (κ2) is 15.4. The maximum absolute atomic E-state index is 13.1. The molecule has 0 spiro atoms. The minimum absolute atomic E-state index is 0.0806. The minimum Gasteiger partial charge on any atom is -0.489 e. The van der Waals surface area contributed by atoms with Gasteiger partial charge in [-0.25, -0.2) is 0 Å². The van der Waals surface area contributed by atoms with E-state index in [-0.39, 0.29) is 18.0 Å². The number of hydrogen-bond donors (Lipinski definition) is 0. The van der Waals surface area contributed by atoms with Crippen molar-refractivity contribution in [1.29, 1.82) is 0 Å². The zero-order valence-corrected chi connectivity index (χ0v) is 27.5. The summed E-state index contributed by atoms with van der Waals surface area (Å²) in [6, 6.07) is 19.0. The van der Waals surface area contributed by atoms with E-state index in [1.165, 1.54) is 0 Å². The summed E-state index contributed by atoms with van der Waals surface area (Å²) < 4.78 is 13.8. The third-order valence-electron chi connectivity index (χ3n) is 8.49. The highest BCUT2D eigenvalue weighted by Crippen LogP contribution is 2.37. The first-order chi connectivity index (χ1) is 22.3. The van der Waals surface area contributed by atoms with E-state index in [1.54, 1.807) is 31.1 Å². The largest absolute Gasteiger partial charge is 0.489 e. The quantitative estimate of drug-likeness (QED) is 0.111. The van der Waals surface area contributed by atoms with Crippen molar-refractivity contribution in [2.45, 2.75) is 52.2 Å². The van der Waals surface area contributed by atoms with E-state index in [1.807, 2.05) is 53.1 Å². The monoisotopic (exact) mass is 644 g/mol. The lowest BCUT2D eigenvalue weighted by Gasteiger charge is -2.30. The van der Waals surface area contributed by atoms with Crippen molar-refractivity contribution in [3.05, 3.63) is 87.3 Å². The Morgan fingerprint density at radius 1 is 0.978 bits per heavy atom. The van der Waals surface area contributed by atoms with Gasteiger partial charge in [-0.05, 0) is 78.6 Å². The van der Waals surface area contributed by atoms with Gasteiger partial charge in [0.05, 0.1) is 24.4 Å². The summed E-state index contributed by atoms with van der Waals surface area (Å²) in [5.74, 6) is -0.214. The van der Waals surface area contributed by atoms with Crippen molar-refractivity contribution in [2.24, 2.45) is 5.18 Å². The highest BCUT2D eigenvalue weighted by atomic mass is 35.5.